The second kappa shape index (κ2) is 6.34. The van der Waals surface area contributed by atoms with Gasteiger partial charge in [-0.15, -0.1) is 0 Å². The third-order valence-corrected chi connectivity index (χ3v) is 3.70. The second-order valence-corrected chi connectivity index (χ2v) is 5.30. The van der Waals surface area contributed by atoms with E-state index in [2.05, 4.69) is 9.97 Å². The van der Waals surface area contributed by atoms with E-state index in [1.807, 2.05) is 24.3 Å². The maximum atomic E-state index is 12.8. The summed E-state index contributed by atoms with van der Waals surface area (Å²) in [7, 11) is 0. The Hall–Kier alpha value is -2.64. The average Bonchev–Trinajstić information content (AvgIpc) is 2.94. The maximum absolute atomic E-state index is 12.8. The Morgan fingerprint density at radius 1 is 0.960 bits per heavy atom. The fourth-order valence-electron chi connectivity index (χ4n) is 2.61. The summed E-state index contributed by atoms with van der Waals surface area (Å²) < 4.78 is 44.3. The number of aromatic nitrogens is 2. The summed E-state index contributed by atoms with van der Waals surface area (Å²) in [6, 6.07) is 12.5. The van der Waals surface area contributed by atoms with Crippen molar-refractivity contribution in [2.75, 3.05) is 0 Å². The minimum absolute atomic E-state index is 0. The highest BCUT2D eigenvalue weighted by Crippen LogP contribution is 2.31. The predicted octanol–water partition coefficient (Wildman–Crippen LogP) is 0.925. The van der Waals surface area contributed by atoms with Crippen LogP contribution in [0.5, 0.6) is 0 Å². The van der Waals surface area contributed by atoms with Gasteiger partial charge in [-0.1, -0.05) is 18.2 Å². The lowest BCUT2D eigenvalue weighted by molar-refractivity contribution is -0.481. The molecule has 25 heavy (non-hydrogen) atoms. The first-order valence-corrected chi connectivity index (χ1v) is 7.16. The molecule has 0 fully saturated rings. The molecule has 2 N–H and O–H groups in total. The van der Waals surface area contributed by atoms with Crippen molar-refractivity contribution in [2.24, 2.45) is 0 Å². The number of benzene rings is 2. The first-order chi connectivity index (χ1) is 11.5. The van der Waals surface area contributed by atoms with Crippen molar-refractivity contribution in [2.45, 2.75) is 6.18 Å². The molecule has 0 aliphatic rings. The molecule has 0 unspecified atom stereocenters. The van der Waals surface area contributed by atoms with Crippen LogP contribution in [0.2, 0.25) is 0 Å². The summed E-state index contributed by atoms with van der Waals surface area (Å²) in [5.74, 6) is 0.440. The molecule has 8 heteroatoms. The SMILES string of the molecule is FC(F)(F)c1cccc([NH2+]c2ncnc3c2oc2ccccc23)c1.[Cl-]. The summed E-state index contributed by atoms with van der Waals surface area (Å²) in [6.45, 7) is 0. The van der Waals surface area contributed by atoms with Gasteiger partial charge in [0, 0.05) is 11.5 Å². The number of halogens is 4. The number of alkyl halides is 3. The Labute approximate surface area is 146 Å². The van der Waals surface area contributed by atoms with Gasteiger partial charge in [-0.3, -0.25) is 5.32 Å². The predicted molar refractivity (Wildman–Crippen MR) is 82.0 cm³/mol. The van der Waals surface area contributed by atoms with Gasteiger partial charge in [0.05, 0.1) is 5.56 Å². The monoisotopic (exact) mass is 365 g/mol. The van der Waals surface area contributed by atoms with Crippen LogP contribution in [0.25, 0.3) is 22.1 Å². The number of fused-ring (bicyclic) bond motifs is 3. The van der Waals surface area contributed by atoms with Crippen LogP contribution in [0, 0.1) is 0 Å². The summed E-state index contributed by atoms with van der Waals surface area (Å²) in [5.41, 5.74) is 1.44. The van der Waals surface area contributed by atoms with Gasteiger partial charge in [0.1, 0.15) is 23.1 Å². The van der Waals surface area contributed by atoms with E-state index in [9.17, 15) is 13.2 Å². The van der Waals surface area contributed by atoms with Crippen molar-refractivity contribution >= 4 is 33.6 Å². The molecule has 0 saturated carbocycles. The van der Waals surface area contributed by atoms with Gasteiger partial charge in [-0.05, 0) is 24.3 Å². The van der Waals surface area contributed by atoms with Crippen molar-refractivity contribution in [3.8, 4) is 0 Å². The molecule has 2 aromatic heterocycles. The molecule has 4 aromatic rings. The molecule has 0 amide bonds. The van der Waals surface area contributed by atoms with Crippen LogP contribution >= 0.6 is 0 Å². The van der Waals surface area contributed by atoms with E-state index in [0.29, 0.717) is 28.2 Å². The van der Waals surface area contributed by atoms with Crippen LogP contribution in [0.3, 0.4) is 0 Å². The number of hydrogen-bond donors (Lipinski definition) is 1. The smallest absolute Gasteiger partial charge is 0.416 e. The fourth-order valence-corrected chi connectivity index (χ4v) is 2.61. The van der Waals surface area contributed by atoms with E-state index in [4.69, 9.17) is 4.42 Å². The number of hydrogen-bond acceptors (Lipinski definition) is 3. The van der Waals surface area contributed by atoms with Crippen LogP contribution in [0.1, 0.15) is 5.56 Å². The highest BCUT2D eigenvalue weighted by atomic mass is 35.5. The highest BCUT2D eigenvalue weighted by Gasteiger charge is 2.31. The van der Waals surface area contributed by atoms with E-state index in [1.54, 1.807) is 11.4 Å². The van der Waals surface area contributed by atoms with Crippen molar-refractivity contribution in [3.05, 3.63) is 60.4 Å². The Balaban J connectivity index is 0.00000182. The molecular weight excluding hydrogens is 355 g/mol. The summed E-state index contributed by atoms with van der Waals surface area (Å²) >= 11 is 0. The number of furan rings is 1. The molecule has 0 bridgehead atoms. The Kier molecular flexibility index (Phi) is 4.36. The molecule has 0 aliphatic carbocycles. The molecule has 2 heterocycles. The van der Waals surface area contributed by atoms with Crippen molar-refractivity contribution in [1.29, 1.82) is 0 Å². The van der Waals surface area contributed by atoms with Gasteiger partial charge < -0.3 is 16.8 Å². The Bertz CT molecular complexity index is 1050. The molecule has 0 spiro atoms. The van der Waals surface area contributed by atoms with Crippen LogP contribution in [-0.4, -0.2) is 9.97 Å². The highest BCUT2D eigenvalue weighted by molar-refractivity contribution is 6.04. The van der Waals surface area contributed by atoms with Gasteiger partial charge >= 0.3 is 6.18 Å². The molecule has 2 aromatic carbocycles. The normalized spacial score (nSPS) is 11.6. The largest absolute Gasteiger partial charge is 1.00 e. The van der Waals surface area contributed by atoms with Crippen molar-refractivity contribution in [3.63, 3.8) is 0 Å². The summed E-state index contributed by atoms with van der Waals surface area (Å²) in [4.78, 5) is 8.37. The lowest BCUT2D eigenvalue weighted by Crippen LogP contribution is -3.00. The average molecular weight is 366 g/mol. The van der Waals surface area contributed by atoms with Gasteiger partial charge in [0.2, 0.25) is 5.58 Å². The number of para-hydroxylation sites is 1. The minimum Gasteiger partial charge on any atom is -1.00 e. The first kappa shape index (κ1) is 17.2. The molecular formula is C17H11ClF3N3O. The van der Waals surface area contributed by atoms with Crippen molar-refractivity contribution in [1.82, 2.24) is 9.97 Å². The zero-order valence-electron chi connectivity index (χ0n) is 12.6. The van der Waals surface area contributed by atoms with Gasteiger partial charge in [-0.2, -0.15) is 18.2 Å². The summed E-state index contributed by atoms with van der Waals surface area (Å²) in [6.07, 6.45) is -3.01. The molecule has 0 saturated heterocycles. The maximum Gasteiger partial charge on any atom is 0.416 e. The molecule has 0 atom stereocenters. The lowest BCUT2D eigenvalue weighted by Gasteiger charge is -2.07. The van der Waals surface area contributed by atoms with Crippen LogP contribution < -0.4 is 17.7 Å². The van der Waals surface area contributed by atoms with Crippen LogP contribution in [0.4, 0.5) is 24.7 Å². The lowest BCUT2D eigenvalue weighted by atomic mass is 10.2. The Morgan fingerprint density at radius 2 is 1.76 bits per heavy atom. The molecule has 128 valence electrons. The zero-order chi connectivity index (χ0) is 16.7. The first-order valence-electron chi connectivity index (χ1n) is 7.16. The van der Waals surface area contributed by atoms with E-state index in [0.717, 1.165) is 17.5 Å². The number of quaternary nitrogens is 1. The summed E-state index contributed by atoms with van der Waals surface area (Å²) in [5, 5.41) is 2.40. The third kappa shape index (κ3) is 3.16. The number of nitrogens with two attached hydrogens (primary N) is 1. The fraction of sp³-hybridized carbons (Fsp3) is 0.0588. The molecule has 0 radical (unpaired) electrons. The second-order valence-electron chi connectivity index (χ2n) is 5.30. The van der Waals surface area contributed by atoms with Gasteiger partial charge in [0.25, 0.3) is 5.82 Å². The zero-order valence-corrected chi connectivity index (χ0v) is 13.3. The van der Waals surface area contributed by atoms with Crippen LogP contribution in [0.15, 0.2) is 59.3 Å². The molecule has 4 nitrogen and oxygen atoms in total. The van der Waals surface area contributed by atoms with E-state index in [1.165, 1.54) is 12.4 Å². The van der Waals surface area contributed by atoms with E-state index >= 15 is 0 Å². The van der Waals surface area contributed by atoms with E-state index < -0.39 is 11.7 Å². The minimum atomic E-state index is -4.38. The van der Waals surface area contributed by atoms with Gasteiger partial charge in [-0.25, -0.2) is 4.98 Å². The van der Waals surface area contributed by atoms with Gasteiger partial charge in [0.15, 0.2) is 0 Å². The number of rotatable bonds is 2. The van der Waals surface area contributed by atoms with Crippen molar-refractivity contribution < 1.29 is 35.3 Å². The molecule has 0 aliphatic heterocycles. The molecule has 4 rings (SSSR count). The third-order valence-electron chi connectivity index (χ3n) is 3.70. The topological polar surface area (TPSA) is 55.5 Å². The van der Waals surface area contributed by atoms with Crippen LogP contribution in [-0.2, 0) is 6.18 Å². The quantitative estimate of drug-likeness (QED) is 0.538. The number of nitrogens with zero attached hydrogens (tertiary/aromatic N) is 2. The standard InChI is InChI=1S/C17H10F3N3O.ClH/c18-17(19,20)10-4-3-5-11(8-10)23-16-15-14(21-9-22-16)12-6-1-2-7-13(12)24-15;/h1-9H,(H,21,22,23);1H. The Morgan fingerprint density at radius 3 is 2.56 bits per heavy atom. The van der Waals surface area contributed by atoms with E-state index in [-0.39, 0.29) is 12.4 Å².